The highest BCUT2D eigenvalue weighted by molar-refractivity contribution is 5.83. The van der Waals surface area contributed by atoms with Crippen LogP contribution in [0.15, 0.2) is 0 Å². The van der Waals surface area contributed by atoms with E-state index in [9.17, 15) is 14.0 Å². The van der Waals surface area contributed by atoms with Crippen molar-refractivity contribution in [3.63, 3.8) is 0 Å². The average molecular weight is 273 g/mol. The number of nitrogens with one attached hydrogen (secondary N) is 1. The second-order valence-electron chi connectivity index (χ2n) is 6.65. The Morgan fingerprint density at radius 1 is 1.26 bits per heavy atom. The number of methoxy groups -OCH3 is 1. The van der Waals surface area contributed by atoms with Gasteiger partial charge in [-0.1, -0.05) is 0 Å². The molecule has 108 valence electrons. The molecule has 3 aliphatic carbocycles. The van der Waals surface area contributed by atoms with Gasteiger partial charge in [0, 0.05) is 5.41 Å². The molecule has 0 heterocycles. The summed E-state index contributed by atoms with van der Waals surface area (Å²) in [7, 11) is 1.25. The lowest BCUT2D eigenvalue weighted by Crippen LogP contribution is -2.73. The van der Waals surface area contributed by atoms with E-state index in [1.54, 1.807) is 20.8 Å². The zero-order valence-electron chi connectivity index (χ0n) is 11.7. The first kappa shape index (κ1) is 14.1. The number of hydrogen-bond donors (Lipinski definition) is 1. The minimum absolute atomic E-state index is 0.301. The van der Waals surface area contributed by atoms with E-state index in [1.807, 2.05) is 0 Å². The van der Waals surface area contributed by atoms with E-state index in [4.69, 9.17) is 9.47 Å². The highest BCUT2D eigenvalue weighted by Gasteiger charge is 2.73. The Morgan fingerprint density at radius 3 is 2.16 bits per heavy atom. The average Bonchev–Trinajstić information content (AvgIpc) is 2.16. The van der Waals surface area contributed by atoms with Gasteiger partial charge >= 0.3 is 12.1 Å². The molecule has 1 N–H and O–H groups in total. The molecule has 1 atom stereocenters. The van der Waals surface area contributed by atoms with E-state index in [0.29, 0.717) is 19.3 Å². The number of esters is 1. The summed E-state index contributed by atoms with van der Waals surface area (Å²) in [5.74, 6) is -0.549. The number of alkyl halides is 1. The maximum absolute atomic E-state index is 13.6. The summed E-state index contributed by atoms with van der Waals surface area (Å²) < 4.78 is 23.4. The molecule has 3 rings (SSSR count). The van der Waals surface area contributed by atoms with E-state index >= 15 is 0 Å². The van der Waals surface area contributed by atoms with Crippen LogP contribution in [-0.2, 0) is 14.3 Å². The summed E-state index contributed by atoms with van der Waals surface area (Å²) >= 11 is 0. The van der Waals surface area contributed by atoms with Crippen LogP contribution in [-0.4, -0.2) is 36.5 Å². The van der Waals surface area contributed by atoms with E-state index < -0.39 is 34.8 Å². The molecule has 0 spiro atoms. The smallest absolute Gasteiger partial charge is 0.408 e. The third-order valence-electron chi connectivity index (χ3n) is 3.72. The lowest BCUT2D eigenvalue weighted by molar-refractivity contribution is -0.231. The van der Waals surface area contributed by atoms with Crippen molar-refractivity contribution in [1.29, 1.82) is 0 Å². The molecule has 0 aromatic rings. The van der Waals surface area contributed by atoms with Gasteiger partial charge in [0.1, 0.15) is 17.3 Å². The van der Waals surface area contributed by atoms with Crippen molar-refractivity contribution >= 4 is 12.1 Å². The quantitative estimate of drug-likeness (QED) is 0.798. The molecule has 19 heavy (non-hydrogen) atoms. The molecule has 0 aromatic heterocycles. The molecular weight excluding hydrogens is 253 g/mol. The highest BCUT2D eigenvalue weighted by Crippen LogP contribution is 2.71. The molecule has 0 aromatic carbocycles. The lowest BCUT2D eigenvalue weighted by Gasteiger charge is -2.67. The standard InChI is InChI=1S/C13H20FNO4/c1-11(2,3)19-10(17)15-8(9(16)18-4)12-5-13(14,6-12)7-12/h8H,5-7H2,1-4H3,(H,15,17). The lowest BCUT2D eigenvalue weighted by atomic mass is 9.40. The van der Waals surface area contributed by atoms with Gasteiger partial charge in [0.05, 0.1) is 7.11 Å². The number of halogens is 1. The van der Waals surface area contributed by atoms with Crippen molar-refractivity contribution in [2.45, 2.75) is 57.3 Å². The molecule has 3 aliphatic rings. The molecule has 0 radical (unpaired) electrons. The number of ether oxygens (including phenoxy) is 2. The van der Waals surface area contributed by atoms with Gasteiger partial charge < -0.3 is 14.8 Å². The van der Waals surface area contributed by atoms with Crippen LogP contribution in [0.25, 0.3) is 0 Å². The monoisotopic (exact) mass is 273 g/mol. The van der Waals surface area contributed by atoms with Crippen LogP contribution < -0.4 is 5.32 Å². The van der Waals surface area contributed by atoms with Crippen molar-refractivity contribution in [2.24, 2.45) is 5.41 Å². The van der Waals surface area contributed by atoms with Crippen molar-refractivity contribution in [3.8, 4) is 0 Å². The molecular formula is C13H20FNO4. The second-order valence-corrected chi connectivity index (χ2v) is 6.65. The van der Waals surface area contributed by atoms with E-state index in [1.165, 1.54) is 7.11 Å². The highest BCUT2D eigenvalue weighted by atomic mass is 19.1. The van der Waals surface area contributed by atoms with Crippen molar-refractivity contribution in [2.75, 3.05) is 7.11 Å². The second kappa shape index (κ2) is 4.08. The van der Waals surface area contributed by atoms with Crippen molar-refractivity contribution in [1.82, 2.24) is 5.32 Å². The third kappa shape index (κ3) is 2.53. The van der Waals surface area contributed by atoms with E-state index in [0.717, 1.165) is 0 Å². The Bertz CT molecular complexity index is 396. The summed E-state index contributed by atoms with van der Waals surface area (Å²) in [6, 6.07) is -0.829. The summed E-state index contributed by atoms with van der Waals surface area (Å²) in [5, 5.41) is 2.52. The van der Waals surface area contributed by atoms with Gasteiger partial charge in [-0.05, 0) is 40.0 Å². The van der Waals surface area contributed by atoms with Gasteiger partial charge in [0.25, 0.3) is 0 Å². The Hall–Kier alpha value is -1.33. The van der Waals surface area contributed by atoms with Crippen molar-refractivity contribution < 1.29 is 23.5 Å². The molecule has 5 nitrogen and oxygen atoms in total. The Balaban J connectivity index is 2.00. The van der Waals surface area contributed by atoms with Crippen LogP contribution >= 0.6 is 0 Å². The number of alkyl carbamates (subject to hydrolysis) is 1. The minimum atomic E-state index is -1.14. The van der Waals surface area contributed by atoms with Gasteiger partial charge in [-0.15, -0.1) is 0 Å². The molecule has 3 fully saturated rings. The first-order chi connectivity index (χ1) is 8.59. The van der Waals surface area contributed by atoms with Crippen LogP contribution in [0.4, 0.5) is 9.18 Å². The molecule has 6 heteroatoms. The minimum Gasteiger partial charge on any atom is -0.467 e. The number of rotatable bonds is 3. The topological polar surface area (TPSA) is 64.6 Å². The normalized spacial score (nSPS) is 33.5. The van der Waals surface area contributed by atoms with Crippen molar-refractivity contribution in [3.05, 3.63) is 0 Å². The first-order valence-corrected chi connectivity index (χ1v) is 6.36. The zero-order chi connectivity index (χ0) is 14.5. The molecule has 3 saturated carbocycles. The van der Waals surface area contributed by atoms with Crippen LogP contribution in [0.5, 0.6) is 0 Å². The Labute approximate surface area is 111 Å². The fraction of sp³-hybridized carbons (Fsp3) is 0.846. The fourth-order valence-corrected chi connectivity index (χ4v) is 3.05. The SMILES string of the molecule is COC(=O)C(NC(=O)OC(C)(C)C)C12CC(F)(C1)C2. The molecule has 0 saturated heterocycles. The number of carbonyl (C=O) groups excluding carboxylic acids is 2. The largest absolute Gasteiger partial charge is 0.467 e. The van der Waals surface area contributed by atoms with Gasteiger partial charge in [-0.3, -0.25) is 0 Å². The predicted molar refractivity (Wildman–Crippen MR) is 65.3 cm³/mol. The summed E-state index contributed by atoms with van der Waals surface area (Å²) in [4.78, 5) is 23.5. The Morgan fingerprint density at radius 2 is 1.79 bits per heavy atom. The van der Waals surface area contributed by atoms with Crippen LogP contribution in [0.3, 0.4) is 0 Å². The number of hydrogen-bond acceptors (Lipinski definition) is 4. The summed E-state index contributed by atoms with van der Waals surface area (Å²) in [6.45, 7) is 5.20. The third-order valence-corrected chi connectivity index (χ3v) is 3.72. The summed E-state index contributed by atoms with van der Waals surface area (Å²) in [6.07, 6.45) is 0.223. The zero-order valence-corrected chi connectivity index (χ0v) is 11.7. The predicted octanol–water partition coefficient (Wildman–Crippen LogP) is 1.94. The molecule has 1 amide bonds. The fourth-order valence-electron chi connectivity index (χ4n) is 3.05. The number of amides is 1. The molecule has 2 bridgehead atoms. The Kier molecular flexibility index (Phi) is 3.03. The van der Waals surface area contributed by atoms with Gasteiger partial charge in [-0.25, -0.2) is 14.0 Å². The van der Waals surface area contributed by atoms with Crippen LogP contribution in [0.1, 0.15) is 40.0 Å². The maximum Gasteiger partial charge on any atom is 0.408 e. The first-order valence-electron chi connectivity index (χ1n) is 6.36. The van der Waals surface area contributed by atoms with Crippen LogP contribution in [0, 0.1) is 5.41 Å². The van der Waals surface area contributed by atoms with Gasteiger partial charge in [-0.2, -0.15) is 0 Å². The van der Waals surface area contributed by atoms with Gasteiger partial charge in [0.2, 0.25) is 0 Å². The number of carbonyl (C=O) groups is 2. The molecule has 1 unspecified atom stereocenters. The van der Waals surface area contributed by atoms with Gasteiger partial charge in [0.15, 0.2) is 0 Å². The van der Waals surface area contributed by atoms with E-state index in [2.05, 4.69) is 5.32 Å². The van der Waals surface area contributed by atoms with Crippen LogP contribution in [0.2, 0.25) is 0 Å². The van der Waals surface area contributed by atoms with E-state index in [-0.39, 0.29) is 0 Å². The molecule has 0 aliphatic heterocycles. The summed E-state index contributed by atoms with van der Waals surface area (Å²) in [5.41, 5.74) is -2.27. The maximum atomic E-state index is 13.6.